The number of hydrogen-bond donors (Lipinski definition) is 1. The highest BCUT2D eigenvalue weighted by molar-refractivity contribution is 5.89. The first-order valence-corrected chi connectivity index (χ1v) is 7.23. The molecule has 6 nitrogen and oxygen atoms in total. The summed E-state index contributed by atoms with van der Waals surface area (Å²) in [6, 6.07) is 1.94. The van der Waals surface area contributed by atoms with E-state index in [-0.39, 0.29) is 11.7 Å². The van der Waals surface area contributed by atoms with Crippen LogP contribution in [0, 0.1) is 0 Å². The third kappa shape index (κ3) is 4.47. The van der Waals surface area contributed by atoms with Crippen molar-refractivity contribution in [3.63, 3.8) is 0 Å². The van der Waals surface area contributed by atoms with Crippen molar-refractivity contribution < 1.29 is 22.7 Å². The topological polar surface area (TPSA) is 63.6 Å². The van der Waals surface area contributed by atoms with E-state index in [4.69, 9.17) is 4.74 Å². The molecule has 1 aromatic rings. The van der Waals surface area contributed by atoms with Crippen molar-refractivity contribution in [3.05, 3.63) is 28.7 Å². The summed E-state index contributed by atoms with van der Waals surface area (Å²) in [7, 11) is 0. The van der Waals surface area contributed by atoms with Crippen molar-refractivity contribution in [2.75, 3.05) is 25.1 Å². The normalized spacial score (nSPS) is 18.8. The maximum atomic E-state index is 12.4. The van der Waals surface area contributed by atoms with Crippen LogP contribution >= 0.6 is 0 Å². The Kier molecular flexibility index (Phi) is 5.30. The average molecular weight is 333 g/mol. The number of alkyl halides is 3. The molecule has 2 heterocycles. The zero-order valence-electron chi connectivity index (χ0n) is 12.6. The molecule has 1 aromatic heterocycles. The maximum Gasteiger partial charge on any atom is 0.406 e. The number of nitrogens with zero attached hydrogens (tertiary/aromatic N) is 2. The van der Waals surface area contributed by atoms with Crippen LogP contribution in [-0.4, -0.2) is 47.5 Å². The number of carbonyl (C=O) groups is 1. The largest absolute Gasteiger partial charge is 0.406 e. The fourth-order valence-electron chi connectivity index (χ4n) is 2.40. The van der Waals surface area contributed by atoms with Crippen LogP contribution in [0.5, 0.6) is 0 Å². The first kappa shape index (κ1) is 17.3. The van der Waals surface area contributed by atoms with Gasteiger partial charge in [0, 0.05) is 12.7 Å². The van der Waals surface area contributed by atoms with Gasteiger partial charge in [-0.15, -0.1) is 0 Å². The molecule has 128 valence electrons. The molecule has 0 spiro atoms. The molecule has 1 aliphatic rings. The Labute approximate surface area is 130 Å². The molecule has 1 unspecified atom stereocenters. The quantitative estimate of drug-likeness (QED) is 0.921. The minimum Gasteiger partial charge on any atom is -0.377 e. The molecule has 9 heteroatoms. The van der Waals surface area contributed by atoms with Gasteiger partial charge in [-0.3, -0.25) is 4.79 Å². The van der Waals surface area contributed by atoms with Crippen LogP contribution in [0.15, 0.2) is 23.1 Å². The van der Waals surface area contributed by atoms with Gasteiger partial charge in [-0.25, -0.2) is 4.79 Å². The molecule has 0 aliphatic carbocycles. The third-order valence-electron chi connectivity index (χ3n) is 3.57. The summed E-state index contributed by atoms with van der Waals surface area (Å²) in [5.74, 6) is 0. The van der Waals surface area contributed by atoms with Gasteiger partial charge in [-0.1, -0.05) is 6.92 Å². The molecule has 1 fully saturated rings. The summed E-state index contributed by atoms with van der Waals surface area (Å²) in [4.78, 5) is 25.8. The lowest BCUT2D eigenvalue weighted by molar-refractivity contribution is -0.141. The van der Waals surface area contributed by atoms with Crippen molar-refractivity contribution in [1.82, 2.24) is 9.47 Å². The second kappa shape index (κ2) is 7.03. The fourth-order valence-corrected chi connectivity index (χ4v) is 2.40. The zero-order chi connectivity index (χ0) is 17.0. The summed E-state index contributed by atoms with van der Waals surface area (Å²) in [5.41, 5.74) is -1.07. The van der Waals surface area contributed by atoms with E-state index in [0.29, 0.717) is 30.7 Å². The van der Waals surface area contributed by atoms with E-state index >= 15 is 0 Å². The van der Waals surface area contributed by atoms with Crippen LogP contribution in [0.4, 0.5) is 23.7 Å². The van der Waals surface area contributed by atoms with Crippen molar-refractivity contribution in [2.24, 2.45) is 0 Å². The smallest absolute Gasteiger partial charge is 0.377 e. The monoisotopic (exact) mass is 333 g/mol. The maximum absolute atomic E-state index is 12.4. The molecule has 0 aromatic carbocycles. The minimum absolute atomic E-state index is 0.120. The van der Waals surface area contributed by atoms with Gasteiger partial charge in [-0.2, -0.15) is 13.2 Å². The van der Waals surface area contributed by atoms with E-state index in [9.17, 15) is 22.8 Å². The number of aromatic nitrogens is 1. The number of anilines is 1. The SMILES string of the molecule is CCC1COCCN1C(=O)Nc1cccn(CC(F)(F)F)c1=O. The first-order valence-electron chi connectivity index (χ1n) is 7.23. The predicted molar refractivity (Wildman–Crippen MR) is 77.4 cm³/mol. The molecule has 23 heavy (non-hydrogen) atoms. The highest BCUT2D eigenvalue weighted by Gasteiger charge is 2.29. The summed E-state index contributed by atoms with van der Waals surface area (Å²) in [6.07, 6.45) is -2.79. The van der Waals surface area contributed by atoms with E-state index in [1.54, 1.807) is 0 Å². The summed E-state index contributed by atoms with van der Waals surface area (Å²) in [6.45, 7) is 1.66. The molecular weight excluding hydrogens is 315 g/mol. The van der Waals surface area contributed by atoms with Gasteiger partial charge in [0.25, 0.3) is 5.56 Å². The number of hydrogen-bond acceptors (Lipinski definition) is 3. The molecule has 0 saturated carbocycles. The zero-order valence-corrected chi connectivity index (χ0v) is 12.6. The van der Waals surface area contributed by atoms with Crippen LogP contribution in [0.1, 0.15) is 13.3 Å². The molecule has 2 rings (SSSR count). The number of halogens is 3. The van der Waals surface area contributed by atoms with Crippen LogP contribution in [0.25, 0.3) is 0 Å². The highest BCUT2D eigenvalue weighted by Crippen LogP contribution is 2.17. The molecule has 1 saturated heterocycles. The van der Waals surface area contributed by atoms with Gasteiger partial charge in [0.15, 0.2) is 0 Å². The Morgan fingerprint density at radius 2 is 2.22 bits per heavy atom. The van der Waals surface area contributed by atoms with Crippen molar-refractivity contribution in [1.29, 1.82) is 0 Å². The second-order valence-electron chi connectivity index (χ2n) is 5.23. The molecule has 1 aliphatic heterocycles. The second-order valence-corrected chi connectivity index (χ2v) is 5.23. The van der Waals surface area contributed by atoms with Gasteiger partial charge in [0.1, 0.15) is 12.2 Å². The van der Waals surface area contributed by atoms with Crippen LogP contribution < -0.4 is 10.9 Å². The van der Waals surface area contributed by atoms with Gasteiger partial charge in [-0.05, 0) is 18.6 Å². The lowest BCUT2D eigenvalue weighted by Crippen LogP contribution is -2.50. The molecular formula is C14H18F3N3O3. The number of morpholine rings is 1. The molecule has 1 N–H and O–H groups in total. The lowest BCUT2D eigenvalue weighted by atomic mass is 10.2. The van der Waals surface area contributed by atoms with Crippen molar-refractivity contribution in [2.45, 2.75) is 32.1 Å². The van der Waals surface area contributed by atoms with Gasteiger partial charge in [0.05, 0.1) is 19.3 Å². The number of amides is 2. The number of pyridine rings is 1. The van der Waals surface area contributed by atoms with Crippen LogP contribution in [0.2, 0.25) is 0 Å². The molecule has 1 atom stereocenters. The molecule has 0 bridgehead atoms. The van der Waals surface area contributed by atoms with E-state index in [1.165, 1.54) is 17.0 Å². The summed E-state index contributed by atoms with van der Waals surface area (Å²) in [5, 5.41) is 2.40. The first-order chi connectivity index (χ1) is 10.8. The van der Waals surface area contributed by atoms with E-state index < -0.39 is 24.3 Å². The minimum atomic E-state index is -4.51. The lowest BCUT2D eigenvalue weighted by Gasteiger charge is -2.34. The van der Waals surface area contributed by atoms with Crippen LogP contribution in [-0.2, 0) is 11.3 Å². The Bertz CT molecular complexity index is 615. The van der Waals surface area contributed by atoms with E-state index in [0.717, 1.165) is 6.20 Å². The summed E-state index contributed by atoms with van der Waals surface area (Å²) < 4.78 is 43.1. The van der Waals surface area contributed by atoms with Gasteiger partial charge >= 0.3 is 12.2 Å². The number of ether oxygens (including phenoxy) is 1. The average Bonchev–Trinajstić information content (AvgIpc) is 2.50. The third-order valence-corrected chi connectivity index (χ3v) is 3.57. The molecule has 0 radical (unpaired) electrons. The van der Waals surface area contributed by atoms with Crippen LogP contribution in [0.3, 0.4) is 0 Å². The Morgan fingerprint density at radius 1 is 1.48 bits per heavy atom. The Morgan fingerprint density at radius 3 is 2.87 bits per heavy atom. The summed E-state index contributed by atoms with van der Waals surface area (Å²) >= 11 is 0. The Hall–Kier alpha value is -2.03. The number of carbonyl (C=O) groups excluding carboxylic acids is 1. The highest BCUT2D eigenvalue weighted by atomic mass is 19.4. The predicted octanol–water partition coefficient (Wildman–Crippen LogP) is 2.05. The van der Waals surface area contributed by atoms with Crippen molar-refractivity contribution in [3.8, 4) is 0 Å². The number of urea groups is 1. The Balaban J connectivity index is 2.15. The van der Waals surface area contributed by atoms with Gasteiger partial charge < -0.3 is 19.5 Å². The van der Waals surface area contributed by atoms with E-state index in [2.05, 4.69) is 5.32 Å². The van der Waals surface area contributed by atoms with Gasteiger partial charge in [0.2, 0.25) is 0 Å². The van der Waals surface area contributed by atoms with Crippen molar-refractivity contribution >= 4 is 11.7 Å². The number of rotatable bonds is 3. The standard InChI is InChI=1S/C14H18F3N3O3/c1-2-10-8-23-7-6-20(10)13(22)18-11-4-3-5-19(12(11)21)9-14(15,16)17/h3-5,10H,2,6-9H2,1H3,(H,18,22). The number of nitrogens with one attached hydrogen (secondary N) is 1. The fraction of sp³-hybridized carbons (Fsp3) is 0.571. The van der Waals surface area contributed by atoms with E-state index in [1.807, 2.05) is 6.92 Å². The molecule has 2 amide bonds.